The van der Waals surface area contributed by atoms with Crippen LogP contribution in [0, 0.1) is 0 Å². The van der Waals surface area contributed by atoms with Gasteiger partial charge in [0.1, 0.15) is 0 Å². The van der Waals surface area contributed by atoms with Gasteiger partial charge in [0.25, 0.3) is 5.91 Å². The topological polar surface area (TPSA) is 37.1 Å². The van der Waals surface area contributed by atoms with Gasteiger partial charge in [-0.3, -0.25) is 4.79 Å². The SMILES string of the molecule is C[NH+]1CCN(C2=NC(=O)/C(=C/c3ccccc3)S2)CC1. The molecule has 2 heterocycles. The number of hydrogen-bond acceptors (Lipinski definition) is 3. The molecule has 0 radical (unpaired) electrons. The molecule has 0 aliphatic carbocycles. The average Bonchev–Trinajstić information content (AvgIpc) is 2.82. The number of nitrogens with one attached hydrogen (secondary N) is 1. The Bertz CT molecular complexity index is 560. The van der Waals surface area contributed by atoms with Crippen molar-refractivity contribution >= 4 is 28.9 Å². The summed E-state index contributed by atoms with van der Waals surface area (Å²) in [5, 5.41) is 0.865. The van der Waals surface area contributed by atoms with Crippen LogP contribution in [0.25, 0.3) is 6.08 Å². The fourth-order valence-corrected chi connectivity index (χ4v) is 3.28. The van der Waals surface area contributed by atoms with Crippen molar-refractivity contribution in [2.24, 2.45) is 4.99 Å². The highest BCUT2D eigenvalue weighted by Crippen LogP contribution is 2.30. The zero-order valence-corrected chi connectivity index (χ0v) is 12.3. The molecule has 0 spiro atoms. The number of amidine groups is 1. The number of carbonyl (C=O) groups is 1. The van der Waals surface area contributed by atoms with Crippen LogP contribution >= 0.6 is 11.8 Å². The number of amides is 1. The molecular weight excluding hydrogens is 270 g/mol. The van der Waals surface area contributed by atoms with Gasteiger partial charge >= 0.3 is 0 Å². The summed E-state index contributed by atoms with van der Waals surface area (Å²) < 4.78 is 0. The smallest absolute Gasteiger partial charge is 0.286 e. The molecule has 3 rings (SSSR count). The van der Waals surface area contributed by atoms with E-state index in [1.165, 1.54) is 16.7 Å². The molecule has 2 aliphatic heterocycles. The van der Waals surface area contributed by atoms with Crippen molar-refractivity contribution in [1.82, 2.24) is 4.90 Å². The minimum atomic E-state index is -0.111. The van der Waals surface area contributed by atoms with E-state index in [-0.39, 0.29) is 5.91 Å². The predicted octanol–water partition coefficient (Wildman–Crippen LogP) is 0.487. The Morgan fingerprint density at radius 3 is 2.65 bits per heavy atom. The first-order valence-electron chi connectivity index (χ1n) is 6.86. The molecule has 1 N–H and O–H groups in total. The quantitative estimate of drug-likeness (QED) is 0.764. The molecule has 20 heavy (non-hydrogen) atoms. The molecule has 1 fully saturated rings. The molecule has 1 saturated heterocycles. The van der Waals surface area contributed by atoms with E-state index >= 15 is 0 Å². The van der Waals surface area contributed by atoms with Gasteiger partial charge in [-0.15, -0.1) is 0 Å². The highest BCUT2D eigenvalue weighted by molar-refractivity contribution is 8.18. The molecule has 0 unspecified atom stereocenters. The van der Waals surface area contributed by atoms with Crippen LogP contribution in [0.1, 0.15) is 5.56 Å². The lowest BCUT2D eigenvalue weighted by Gasteiger charge is -2.30. The van der Waals surface area contributed by atoms with Crippen LogP contribution in [0.5, 0.6) is 0 Å². The number of quaternary nitrogens is 1. The lowest BCUT2D eigenvalue weighted by Crippen LogP contribution is -3.12. The third-order valence-electron chi connectivity index (χ3n) is 3.59. The Labute approximate surface area is 123 Å². The van der Waals surface area contributed by atoms with E-state index in [2.05, 4.69) is 16.9 Å². The molecule has 1 amide bonds. The molecule has 0 aromatic heterocycles. The standard InChI is InChI=1S/C15H17N3OS/c1-17-7-9-18(10-8-17)15-16-14(19)13(20-15)11-12-5-3-2-4-6-12/h2-6,11H,7-10H2,1H3/p+1/b13-11-. The second kappa shape index (κ2) is 5.81. The lowest BCUT2D eigenvalue weighted by atomic mass is 10.2. The van der Waals surface area contributed by atoms with Gasteiger partial charge in [-0.1, -0.05) is 30.3 Å². The number of rotatable bonds is 1. The van der Waals surface area contributed by atoms with Crippen LogP contribution in [0.3, 0.4) is 0 Å². The van der Waals surface area contributed by atoms with Crippen molar-refractivity contribution < 1.29 is 9.69 Å². The highest BCUT2D eigenvalue weighted by atomic mass is 32.2. The number of thioether (sulfide) groups is 1. The molecule has 1 aromatic carbocycles. The van der Waals surface area contributed by atoms with E-state index in [9.17, 15) is 4.79 Å². The first-order valence-corrected chi connectivity index (χ1v) is 7.68. The van der Waals surface area contributed by atoms with E-state index in [0.29, 0.717) is 0 Å². The summed E-state index contributed by atoms with van der Waals surface area (Å²) in [7, 11) is 2.20. The maximum Gasteiger partial charge on any atom is 0.286 e. The van der Waals surface area contributed by atoms with E-state index < -0.39 is 0 Å². The maximum atomic E-state index is 12.0. The van der Waals surface area contributed by atoms with Crippen molar-refractivity contribution in [2.45, 2.75) is 0 Å². The Morgan fingerprint density at radius 2 is 1.95 bits per heavy atom. The second-order valence-corrected chi connectivity index (χ2v) is 6.17. The molecule has 0 bridgehead atoms. The zero-order valence-electron chi connectivity index (χ0n) is 11.5. The normalized spacial score (nSPS) is 22.4. The van der Waals surface area contributed by atoms with E-state index in [0.717, 1.165) is 41.8 Å². The molecule has 4 nitrogen and oxygen atoms in total. The maximum absolute atomic E-state index is 12.0. The Kier molecular flexibility index (Phi) is 3.89. The van der Waals surface area contributed by atoms with Crippen molar-refractivity contribution in [2.75, 3.05) is 33.2 Å². The molecule has 104 valence electrons. The zero-order chi connectivity index (χ0) is 13.9. The van der Waals surface area contributed by atoms with Gasteiger partial charge in [0.05, 0.1) is 38.1 Å². The Hall–Kier alpha value is -1.59. The van der Waals surface area contributed by atoms with Crippen LogP contribution in [-0.4, -0.2) is 49.2 Å². The largest absolute Gasteiger partial charge is 0.339 e. The van der Waals surface area contributed by atoms with Crippen LogP contribution in [0.2, 0.25) is 0 Å². The molecule has 0 saturated carbocycles. The lowest BCUT2D eigenvalue weighted by molar-refractivity contribution is -0.883. The minimum absolute atomic E-state index is 0.111. The summed E-state index contributed by atoms with van der Waals surface area (Å²) in [6.07, 6.45) is 1.92. The predicted molar refractivity (Wildman–Crippen MR) is 82.6 cm³/mol. The Morgan fingerprint density at radius 1 is 1.25 bits per heavy atom. The van der Waals surface area contributed by atoms with Gasteiger partial charge in [0, 0.05) is 0 Å². The number of likely N-dealkylation sites (N-methyl/N-ethyl adjacent to an activating group) is 1. The van der Waals surface area contributed by atoms with Crippen molar-refractivity contribution in [3.05, 3.63) is 40.8 Å². The fraction of sp³-hybridized carbons (Fsp3) is 0.333. The van der Waals surface area contributed by atoms with Gasteiger partial charge in [-0.25, -0.2) is 0 Å². The third-order valence-corrected chi connectivity index (χ3v) is 4.64. The molecular formula is C15H18N3OS+. The number of nitrogens with zero attached hydrogens (tertiary/aromatic N) is 2. The third kappa shape index (κ3) is 2.94. The van der Waals surface area contributed by atoms with Crippen LogP contribution < -0.4 is 4.90 Å². The number of piperazine rings is 1. The highest BCUT2D eigenvalue weighted by Gasteiger charge is 2.28. The summed E-state index contributed by atoms with van der Waals surface area (Å²) >= 11 is 1.50. The van der Waals surface area contributed by atoms with E-state index in [4.69, 9.17) is 0 Å². The monoisotopic (exact) mass is 288 g/mol. The summed E-state index contributed by atoms with van der Waals surface area (Å²) in [5.41, 5.74) is 1.04. The van der Waals surface area contributed by atoms with Gasteiger partial charge < -0.3 is 9.80 Å². The number of aliphatic imine (C=N–C) groups is 1. The average molecular weight is 288 g/mol. The Balaban J connectivity index is 1.71. The van der Waals surface area contributed by atoms with Gasteiger partial charge in [-0.2, -0.15) is 4.99 Å². The van der Waals surface area contributed by atoms with Crippen molar-refractivity contribution in [3.63, 3.8) is 0 Å². The second-order valence-electron chi connectivity index (χ2n) is 5.17. The van der Waals surface area contributed by atoms with Crippen LogP contribution in [0.4, 0.5) is 0 Å². The summed E-state index contributed by atoms with van der Waals surface area (Å²) in [6.45, 7) is 4.16. The van der Waals surface area contributed by atoms with Crippen molar-refractivity contribution in [3.8, 4) is 0 Å². The molecule has 5 heteroatoms. The van der Waals surface area contributed by atoms with Gasteiger partial charge in [-0.05, 0) is 23.4 Å². The number of carbonyl (C=O) groups excluding carboxylic acids is 1. The van der Waals surface area contributed by atoms with E-state index in [1.807, 2.05) is 36.4 Å². The number of hydrogen-bond donors (Lipinski definition) is 1. The summed E-state index contributed by atoms with van der Waals surface area (Å²) in [4.78, 5) is 20.7. The number of benzene rings is 1. The molecule has 0 atom stereocenters. The fourth-order valence-electron chi connectivity index (χ4n) is 2.31. The summed E-state index contributed by atoms with van der Waals surface area (Å²) in [6, 6.07) is 9.92. The van der Waals surface area contributed by atoms with Crippen LogP contribution in [-0.2, 0) is 4.79 Å². The first kappa shape index (κ1) is 13.4. The minimum Gasteiger partial charge on any atom is -0.339 e. The summed E-state index contributed by atoms with van der Waals surface area (Å²) in [5.74, 6) is -0.111. The van der Waals surface area contributed by atoms with Gasteiger partial charge in [0.2, 0.25) is 0 Å². The molecule has 2 aliphatic rings. The van der Waals surface area contributed by atoms with Crippen molar-refractivity contribution in [1.29, 1.82) is 0 Å². The van der Waals surface area contributed by atoms with E-state index in [1.54, 1.807) is 0 Å². The molecule has 1 aromatic rings. The van der Waals surface area contributed by atoms with Gasteiger partial charge in [0.15, 0.2) is 5.17 Å². The van der Waals surface area contributed by atoms with Crippen LogP contribution in [0.15, 0.2) is 40.2 Å². The first-order chi connectivity index (χ1) is 9.72.